The first kappa shape index (κ1) is 14.5. The van der Waals surface area contributed by atoms with Crippen LogP contribution in [0, 0.1) is 6.92 Å². The van der Waals surface area contributed by atoms with Crippen molar-refractivity contribution in [1.82, 2.24) is 15.1 Å². The van der Waals surface area contributed by atoms with Gasteiger partial charge in [-0.2, -0.15) is 0 Å². The number of benzene rings is 1. The molecule has 0 aliphatic heterocycles. The fourth-order valence-corrected chi connectivity index (χ4v) is 1.98. The molecule has 0 amide bonds. The second kappa shape index (κ2) is 6.49. The number of aryl methyl sites for hydroxylation is 1. The lowest BCUT2D eigenvalue weighted by molar-refractivity contribution is 0.107. The van der Waals surface area contributed by atoms with E-state index in [2.05, 4.69) is 10.2 Å². The number of likely N-dealkylation sites (N-methyl/N-ethyl adjacent to an activating group) is 1. The monoisotopic (exact) mass is 277 g/mol. The Morgan fingerprint density at radius 3 is 2.75 bits per heavy atom. The van der Waals surface area contributed by atoms with Crippen molar-refractivity contribution in [2.75, 3.05) is 13.1 Å². The van der Waals surface area contributed by atoms with Gasteiger partial charge in [0.1, 0.15) is 5.75 Å². The van der Waals surface area contributed by atoms with Gasteiger partial charge in [0.2, 0.25) is 11.8 Å². The van der Waals surface area contributed by atoms with Gasteiger partial charge in [0.15, 0.2) is 0 Å². The number of rotatable bonds is 6. The van der Waals surface area contributed by atoms with Gasteiger partial charge < -0.3 is 14.6 Å². The Morgan fingerprint density at radius 2 is 2.15 bits per heavy atom. The van der Waals surface area contributed by atoms with E-state index in [4.69, 9.17) is 4.42 Å². The molecule has 0 unspecified atom stereocenters. The van der Waals surface area contributed by atoms with Gasteiger partial charge in [-0.1, -0.05) is 19.1 Å². The maximum Gasteiger partial charge on any atom is 0.230 e. The highest BCUT2D eigenvalue weighted by molar-refractivity contribution is 5.28. The average molecular weight is 277 g/mol. The Bertz CT molecular complexity index is 556. The summed E-state index contributed by atoms with van der Waals surface area (Å²) in [7, 11) is 0. The van der Waals surface area contributed by atoms with Crippen LogP contribution in [0.25, 0.3) is 0 Å². The first-order valence-electron chi connectivity index (χ1n) is 6.56. The van der Waals surface area contributed by atoms with Crippen molar-refractivity contribution in [3.05, 3.63) is 41.6 Å². The molecule has 20 heavy (non-hydrogen) atoms. The van der Waals surface area contributed by atoms with Crippen molar-refractivity contribution in [3.63, 3.8) is 0 Å². The third-order valence-corrected chi connectivity index (χ3v) is 3.06. The van der Waals surface area contributed by atoms with Crippen LogP contribution >= 0.6 is 0 Å². The van der Waals surface area contributed by atoms with Crippen molar-refractivity contribution < 1.29 is 14.6 Å². The first-order chi connectivity index (χ1) is 9.58. The van der Waals surface area contributed by atoms with Crippen LogP contribution in [-0.2, 0) is 6.54 Å². The summed E-state index contributed by atoms with van der Waals surface area (Å²) in [4.78, 5) is 2.00. The molecule has 0 aliphatic rings. The lowest BCUT2D eigenvalue weighted by Gasteiger charge is -2.22. The maximum absolute atomic E-state index is 10.2. The highest BCUT2D eigenvalue weighted by Crippen LogP contribution is 2.19. The standard InChI is InChI=1S/C14H19N3O3/c1-3-17(9-14-16-15-10(2)20-14)8-13(19)11-5-4-6-12(18)7-11/h4-7,13,18-19H,3,8-9H2,1-2H3/t13-/m0/s1. The third-order valence-electron chi connectivity index (χ3n) is 3.06. The molecule has 6 nitrogen and oxygen atoms in total. The minimum atomic E-state index is -0.675. The molecule has 1 aromatic heterocycles. The van der Waals surface area contributed by atoms with E-state index in [-0.39, 0.29) is 5.75 Å². The van der Waals surface area contributed by atoms with E-state index in [1.807, 2.05) is 11.8 Å². The lowest BCUT2D eigenvalue weighted by atomic mass is 10.1. The molecule has 2 rings (SSSR count). The van der Waals surface area contributed by atoms with Gasteiger partial charge >= 0.3 is 0 Å². The number of nitrogens with zero attached hydrogens (tertiary/aromatic N) is 3. The van der Waals surface area contributed by atoms with E-state index in [9.17, 15) is 10.2 Å². The topological polar surface area (TPSA) is 82.6 Å². The zero-order valence-corrected chi connectivity index (χ0v) is 11.7. The van der Waals surface area contributed by atoms with Gasteiger partial charge in [0, 0.05) is 13.5 Å². The van der Waals surface area contributed by atoms with Gasteiger partial charge in [0.05, 0.1) is 12.6 Å². The number of hydrogen-bond donors (Lipinski definition) is 2. The molecule has 6 heteroatoms. The highest BCUT2D eigenvalue weighted by Gasteiger charge is 2.15. The Labute approximate surface area is 117 Å². The zero-order valence-electron chi connectivity index (χ0n) is 11.7. The second-order valence-electron chi connectivity index (χ2n) is 4.65. The molecule has 0 saturated heterocycles. The normalized spacial score (nSPS) is 12.8. The number of phenolic OH excluding ortho intramolecular Hbond substituents is 1. The van der Waals surface area contributed by atoms with E-state index >= 15 is 0 Å². The lowest BCUT2D eigenvalue weighted by Crippen LogP contribution is -2.28. The van der Waals surface area contributed by atoms with Crippen LogP contribution in [0.5, 0.6) is 5.75 Å². The van der Waals surface area contributed by atoms with E-state index < -0.39 is 6.10 Å². The number of aromatic nitrogens is 2. The molecule has 0 radical (unpaired) electrons. The van der Waals surface area contributed by atoms with Crippen molar-refractivity contribution in [3.8, 4) is 5.75 Å². The van der Waals surface area contributed by atoms with Crippen molar-refractivity contribution in [2.45, 2.75) is 26.5 Å². The number of phenols is 1. The zero-order chi connectivity index (χ0) is 14.5. The van der Waals surface area contributed by atoms with Gasteiger partial charge in [-0.15, -0.1) is 10.2 Å². The highest BCUT2D eigenvalue weighted by atomic mass is 16.4. The van der Waals surface area contributed by atoms with E-state index in [1.54, 1.807) is 31.2 Å². The van der Waals surface area contributed by atoms with Crippen LogP contribution in [0.2, 0.25) is 0 Å². The summed E-state index contributed by atoms with van der Waals surface area (Å²) in [6.45, 7) is 5.42. The second-order valence-corrected chi connectivity index (χ2v) is 4.65. The first-order valence-corrected chi connectivity index (χ1v) is 6.56. The molecule has 0 saturated carbocycles. The Morgan fingerprint density at radius 1 is 1.35 bits per heavy atom. The van der Waals surface area contributed by atoms with Crippen LogP contribution in [0.1, 0.15) is 30.4 Å². The number of aliphatic hydroxyl groups excluding tert-OH is 1. The minimum Gasteiger partial charge on any atom is -0.508 e. The summed E-state index contributed by atoms with van der Waals surface area (Å²) < 4.78 is 5.34. The Hall–Kier alpha value is -1.92. The largest absolute Gasteiger partial charge is 0.508 e. The smallest absolute Gasteiger partial charge is 0.230 e. The Kier molecular flexibility index (Phi) is 4.70. The molecule has 0 spiro atoms. The molecule has 0 bridgehead atoms. The molecule has 2 N–H and O–H groups in total. The van der Waals surface area contributed by atoms with Gasteiger partial charge in [0.25, 0.3) is 0 Å². The molecular weight excluding hydrogens is 258 g/mol. The molecule has 0 aliphatic carbocycles. The van der Waals surface area contributed by atoms with E-state index in [0.29, 0.717) is 30.4 Å². The quantitative estimate of drug-likeness (QED) is 0.835. The molecule has 0 fully saturated rings. The SMILES string of the molecule is CCN(Cc1nnc(C)o1)C[C@H](O)c1cccc(O)c1. The predicted molar refractivity (Wildman–Crippen MR) is 73.1 cm³/mol. The fraction of sp³-hybridized carbons (Fsp3) is 0.429. The van der Waals surface area contributed by atoms with Gasteiger partial charge in [-0.05, 0) is 24.2 Å². The van der Waals surface area contributed by atoms with Crippen LogP contribution in [0.4, 0.5) is 0 Å². The van der Waals surface area contributed by atoms with Crippen LogP contribution in [-0.4, -0.2) is 38.4 Å². The van der Waals surface area contributed by atoms with Crippen molar-refractivity contribution in [2.24, 2.45) is 0 Å². The molecular formula is C14H19N3O3. The molecule has 1 atom stereocenters. The van der Waals surface area contributed by atoms with Crippen LogP contribution in [0.3, 0.4) is 0 Å². The van der Waals surface area contributed by atoms with E-state index in [0.717, 1.165) is 6.54 Å². The number of aliphatic hydroxyl groups is 1. The molecule has 1 heterocycles. The third kappa shape index (κ3) is 3.79. The maximum atomic E-state index is 10.2. The summed E-state index contributed by atoms with van der Waals surface area (Å²) in [5.74, 6) is 1.22. The van der Waals surface area contributed by atoms with Gasteiger partial charge in [-0.25, -0.2) is 0 Å². The summed E-state index contributed by atoms with van der Waals surface area (Å²) in [5, 5.41) is 27.4. The fourth-order valence-electron chi connectivity index (χ4n) is 1.98. The van der Waals surface area contributed by atoms with Crippen LogP contribution in [0.15, 0.2) is 28.7 Å². The van der Waals surface area contributed by atoms with E-state index in [1.165, 1.54) is 0 Å². The number of hydrogen-bond acceptors (Lipinski definition) is 6. The van der Waals surface area contributed by atoms with Gasteiger partial charge in [-0.3, -0.25) is 4.90 Å². The predicted octanol–water partition coefficient (Wildman–Crippen LogP) is 1.64. The molecule has 108 valence electrons. The molecule has 1 aromatic carbocycles. The van der Waals surface area contributed by atoms with Crippen molar-refractivity contribution >= 4 is 0 Å². The number of aromatic hydroxyl groups is 1. The Balaban J connectivity index is 1.98. The van der Waals surface area contributed by atoms with Crippen molar-refractivity contribution in [1.29, 1.82) is 0 Å². The summed E-state index contributed by atoms with van der Waals surface area (Å²) in [6, 6.07) is 6.64. The van der Waals surface area contributed by atoms with Crippen LogP contribution < -0.4 is 0 Å². The minimum absolute atomic E-state index is 0.150. The summed E-state index contributed by atoms with van der Waals surface area (Å²) in [5.41, 5.74) is 0.685. The average Bonchev–Trinajstić information content (AvgIpc) is 2.83. The molecule has 2 aromatic rings. The summed E-state index contributed by atoms with van der Waals surface area (Å²) in [6.07, 6.45) is -0.675. The summed E-state index contributed by atoms with van der Waals surface area (Å²) >= 11 is 0.